The van der Waals surface area contributed by atoms with Crippen LogP contribution in [0.15, 0.2) is 41.3 Å². The summed E-state index contributed by atoms with van der Waals surface area (Å²) in [7, 11) is -0.565. The van der Waals surface area contributed by atoms with Gasteiger partial charge in [-0.3, -0.25) is 14.4 Å². The van der Waals surface area contributed by atoms with E-state index in [-0.39, 0.29) is 36.3 Å². The zero-order valence-corrected chi connectivity index (χ0v) is 23.0. The molecule has 11 nitrogen and oxygen atoms in total. The number of nitrogens with zero attached hydrogens (tertiary/aromatic N) is 4. The van der Waals surface area contributed by atoms with Crippen LogP contribution in [0.25, 0.3) is 10.8 Å². The number of carbonyl (C=O) groups excluding carboxylic acids is 3. The molecule has 2 fully saturated rings. The lowest BCUT2D eigenvalue weighted by molar-refractivity contribution is -0.164. The van der Waals surface area contributed by atoms with E-state index in [9.17, 15) is 22.8 Å². The van der Waals surface area contributed by atoms with Crippen molar-refractivity contribution >= 4 is 50.7 Å². The quantitative estimate of drug-likeness (QED) is 0.330. The fourth-order valence-electron chi connectivity index (χ4n) is 4.90. The molecule has 0 saturated carbocycles. The normalized spacial score (nSPS) is 21.4. The largest absolute Gasteiger partial charge is 0.373 e. The van der Waals surface area contributed by atoms with Crippen molar-refractivity contribution in [3.05, 3.63) is 41.4 Å². The highest BCUT2D eigenvalue weighted by Gasteiger charge is 2.47. The Bertz CT molecular complexity index is 1320. The highest BCUT2D eigenvalue weighted by molar-refractivity contribution is 7.89. The molecule has 2 unspecified atom stereocenters. The van der Waals surface area contributed by atoms with Gasteiger partial charge in [-0.2, -0.15) is 0 Å². The van der Waals surface area contributed by atoms with Gasteiger partial charge in [-0.05, 0) is 66.9 Å². The summed E-state index contributed by atoms with van der Waals surface area (Å²) in [6, 6.07) is 7.25. The molecule has 2 heterocycles. The number of ether oxygens (including phenoxy) is 1. The van der Waals surface area contributed by atoms with Gasteiger partial charge in [0.05, 0.1) is 17.6 Å². The van der Waals surface area contributed by atoms with E-state index in [1.54, 1.807) is 36.1 Å². The lowest BCUT2D eigenvalue weighted by Crippen LogP contribution is -2.55. The van der Waals surface area contributed by atoms with Gasteiger partial charge in [0.1, 0.15) is 12.1 Å². The maximum atomic E-state index is 13.5. The Labute approximate surface area is 226 Å². The molecule has 2 aromatic rings. The molecule has 4 rings (SSSR count). The zero-order valence-electron chi connectivity index (χ0n) is 21.4. The van der Waals surface area contributed by atoms with E-state index in [2.05, 4.69) is 0 Å². The average molecular weight is 567 g/mol. The zero-order chi connectivity index (χ0) is 27.6. The molecule has 2 amide bonds. The van der Waals surface area contributed by atoms with Gasteiger partial charge >= 0.3 is 6.47 Å². The fraction of sp³-hybridized carbons (Fsp3) is 0.480. The number of amides is 2. The Morgan fingerprint density at radius 1 is 1.21 bits per heavy atom. The van der Waals surface area contributed by atoms with Gasteiger partial charge in [0.25, 0.3) is 10.0 Å². The predicted octanol–water partition coefficient (Wildman–Crippen LogP) is 1.35. The Morgan fingerprint density at radius 2 is 1.92 bits per heavy atom. The lowest BCUT2D eigenvalue weighted by Gasteiger charge is -2.37. The van der Waals surface area contributed by atoms with Crippen LogP contribution in [-0.2, 0) is 34.0 Å². The highest BCUT2D eigenvalue weighted by atomic mass is 35.5. The van der Waals surface area contributed by atoms with E-state index >= 15 is 0 Å². The number of carbonyl (C=O) groups is 3. The molecule has 38 heavy (non-hydrogen) atoms. The number of hydrogen-bond donors (Lipinski definition) is 0. The standard InChI is InChI=1S/C25H31ClN4O7S/c1-17(24(32)28-10-11-36-21(15-28)14-27(2)3)29-9-8-23(25(29)33)30(37-16-31)38(34,35)22-7-5-18-12-20(26)6-4-19(18)13-22/h4-7,12-13,16-17,21,23H,8-11,14-15H2,1-3H3/t17-,21?,23?/m0/s1. The first-order chi connectivity index (χ1) is 18.0. The monoisotopic (exact) mass is 566 g/mol. The number of likely N-dealkylation sites (N-methyl/N-ethyl adjacent to an activating group) is 1. The van der Waals surface area contributed by atoms with E-state index in [0.717, 1.165) is 5.39 Å². The minimum Gasteiger partial charge on any atom is -0.373 e. The van der Waals surface area contributed by atoms with Crippen LogP contribution in [0.1, 0.15) is 13.3 Å². The summed E-state index contributed by atoms with van der Waals surface area (Å²) < 4.78 is 33.2. The second-order valence-electron chi connectivity index (χ2n) is 9.67. The number of morpholine rings is 1. The van der Waals surface area contributed by atoms with Crippen molar-refractivity contribution in [2.45, 2.75) is 36.4 Å². The number of benzene rings is 2. The number of hydrogen-bond acceptors (Lipinski definition) is 8. The van der Waals surface area contributed by atoms with Crippen molar-refractivity contribution in [1.82, 2.24) is 19.2 Å². The number of halogens is 1. The molecule has 206 valence electrons. The number of rotatable bonds is 9. The molecule has 2 saturated heterocycles. The summed E-state index contributed by atoms with van der Waals surface area (Å²) in [5, 5.41) is 1.84. The van der Waals surface area contributed by atoms with E-state index in [4.69, 9.17) is 21.2 Å². The molecule has 3 atom stereocenters. The molecule has 0 N–H and O–H groups in total. The lowest BCUT2D eigenvalue weighted by atomic mass is 10.1. The van der Waals surface area contributed by atoms with Crippen LogP contribution in [0.4, 0.5) is 0 Å². The number of hydroxylamine groups is 1. The van der Waals surface area contributed by atoms with Crippen molar-refractivity contribution in [1.29, 1.82) is 0 Å². The van der Waals surface area contributed by atoms with Crippen molar-refractivity contribution in [3.8, 4) is 0 Å². The van der Waals surface area contributed by atoms with E-state index < -0.39 is 28.0 Å². The van der Waals surface area contributed by atoms with Gasteiger partial charge in [0.15, 0.2) is 0 Å². The van der Waals surface area contributed by atoms with Gasteiger partial charge in [-0.15, -0.1) is 0 Å². The van der Waals surface area contributed by atoms with Crippen molar-refractivity contribution < 1.29 is 32.4 Å². The van der Waals surface area contributed by atoms with E-state index in [0.29, 0.717) is 41.1 Å². The number of likely N-dealkylation sites (tertiary alicyclic amines) is 1. The van der Waals surface area contributed by atoms with Gasteiger partial charge in [-0.25, -0.2) is 8.42 Å². The van der Waals surface area contributed by atoms with Gasteiger partial charge in [-0.1, -0.05) is 23.7 Å². The first kappa shape index (κ1) is 28.2. The SMILES string of the molecule is C[C@@H](C(=O)N1CCOC(CN(C)C)C1)N1CCC(N(OC=O)S(=O)(=O)c2ccc3cc(Cl)ccc3c2)C1=O. The van der Waals surface area contributed by atoms with E-state index in [1.165, 1.54) is 17.0 Å². The maximum absolute atomic E-state index is 13.5. The first-order valence-corrected chi connectivity index (χ1v) is 14.0. The van der Waals surface area contributed by atoms with Gasteiger partial charge in [0.2, 0.25) is 11.8 Å². The highest BCUT2D eigenvalue weighted by Crippen LogP contribution is 2.29. The molecule has 0 aromatic heterocycles. The van der Waals surface area contributed by atoms with Crippen LogP contribution >= 0.6 is 11.6 Å². The number of fused-ring (bicyclic) bond motifs is 1. The molecule has 2 aliphatic rings. The summed E-state index contributed by atoms with van der Waals surface area (Å²) in [5.74, 6) is -0.855. The van der Waals surface area contributed by atoms with Crippen LogP contribution < -0.4 is 0 Å². The van der Waals surface area contributed by atoms with Crippen LogP contribution in [0.5, 0.6) is 0 Å². The molecular formula is C25H31ClN4O7S. The average Bonchev–Trinajstić information content (AvgIpc) is 3.26. The predicted molar refractivity (Wildman–Crippen MR) is 140 cm³/mol. The van der Waals surface area contributed by atoms with Crippen LogP contribution in [0.2, 0.25) is 5.02 Å². The van der Waals surface area contributed by atoms with Crippen molar-refractivity contribution in [2.75, 3.05) is 46.9 Å². The molecule has 0 bridgehead atoms. The first-order valence-electron chi connectivity index (χ1n) is 12.2. The van der Waals surface area contributed by atoms with Crippen molar-refractivity contribution in [3.63, 3.8) is 0 Å². The Kier molecular flexibility index (Phi) is 8.58. The third kappa shape index (κ3) is 5.79. The third-order valence-corrected chi connectivity index (χ3v) is 8.66. The van der Waals surface area contributed by atoms with Gasteiger partial charge < -0.3 is 24.3 Å². The minimum absolute atomic E-state index is 0.0263. The second-order valence-corrected chi connectivity index (χ2v) is 11.9. The summed E-state index contributed by atoms with van der Waals surface area (Å²) >= 11 is 6.02. The molecule has 0 radical (unpaired) electrons. The third-order valence-electron chi connectivity index (χ3n) is 6.77. The van der Waals surface area contributed by atoms with Gasteiger partial charge in [0, 0.05) is 31.2 Å². The number of sulfonamides is 1. The summed E-state index contributed by atoms with van der Waals surface area (Å²) in [4.78, 5) is 47.7. The molecule has 0 aliphatic carbocycles. The van der Waals surface area contributed by atoms with Crippen LogP contribution in [-0.4, -0.2) is 111 Å². The summed E-state index contributed by atoms with van der Waals surface area (Å²) in [6.45, 7) is 3.57. The second kappa shape index (κ2) is 11.5. The molecular weight excluding hydrogens is 536 g/mol. The van der Waals surface area contributed by atoms with E-state index in [1.807, 2.05) is 19.0 Å². The molecule has 2 aliphatic heterocycles. The van der Waals surface area contributed by atoms with Crippen LogP contribution in [0, 0.1) is 0 Å². The van der Waals surface area contributed by atoms with Crippen molar-refractivity contribution in [2.24, 2.45) is 0 Å². The topological polar surface area (TPSA) is 117 Å². The minimum atomic E-state index is -4.41. The molecule has 13 heteroatoms. The molecule has 2 aromatic carbocycles. The van der Waals surface area contributed by atoms with Crippen LogP contribution in [0.3, 0.4) is 0 Å². The summed E-state index contributed by atoms with van der Waals surface area (Å²) in [5.41, 5.74) is 0. The Balaban J connectivity index is 1.52. The smallest absolute Gasteiger partial charge is 0.314 e. The fourth-order valence-corrected chi connectivity index (χ4v) is 6.48. The molecule has 0 spiro atoms. The maximum Gasteiger partial charge on any atom is 0.314 e. The Morgan fingerprint density at radius 3 is 2.63 bits per heavy atom. The summed E-state index contributed by atoms with van der Waals surface area (Å²) in [6.07, 6.45) is -0.0875. The Hall–Kier alpha value is -2.77.